The fourth-order valence-electron chi connectivity index (χ4n) is 1.32. The van der Waals surface area contributed by atoms with Crippen LogP contribution in [0.3, 0.4) is 0 Å². The number of rotatable bonds is 3. The summed E-state index contributed by atoms with van der Waals surface area (Å²) >= 11 is 1.24. The molecule has 0 atom stereocenters. The summed E-state index contributed by atoms with van der Waals surface area (Å²) in [6.07, 6.45) is 0. The average molecular weight is 271 g/mol. The third-order valence-electron chi connectivity index (χ3n) is 2.46. The molecule has 7 heteroatoms. The Labute approximate surface area is 104 Å². The van der Waals surface area contributed by atoms with Crippen LogP contribution in [-0.2, 0) is 10.0 Å². The first kappa shape index (κ1) is 12.1. The maximum absolute atomic E-state index is 12.0. The predicted octanol–water partition coefficient (Wildman–Crippen LogP) is 2.20. The molecule has 0 radical (unpaired) electrons. The number of nitrogens with one attached hydrogen (secondary N) is 2. The molecule has 0 saturated heterocycles. The number of aromatic amines is 1. The van der Waals surface area contributed by atoms with Crippen molar-refractivity contribution in [2.24, 2.45) is 0 Å². The lowest BCUT2D eigenvalue weighted by atomic mass is 10.3. The summed E-state index contributed by atoms with van der Waals surface area (Å²) in [5.74, 6) is 0.355. The second-order valence-electron chi connectivity index (χ2n) is 3.79. The van der Waals surface area contributed by atoms with E-state index in [-0.39, 0.29) is 0 Å². The molecule has 0 amide bonds. The third kappa shape index (κ3) is 2.34. The van der Waals surface area contributed by atoms with Gasteiger partial charge in [-0.25, -0.2) is 8.42 Å². The molecule has 2 heterocycles. The van der Waals surface area contributed by atoms with Crippen molar-refractivity contribution in [1.29, 1.82) is 0 Å². The summed E-state index contributed by atoms with van der Waals surface area (Å²) < 4.78 is 26.8. The van der Waals surface area contributed by atoms with E-state index in [9.17, 15) is 8.42 Å². The van der Waals surface area contributed by atoms with E-state index in [0.29, 0.717) is 10.0 Å². The van der Waals surface area contributed by atoms with Crippen molar-refractivity contribution in [1.82, 2.24) is 10.2 Å². The zero-order valence-electron chi connectivity index (χ0n) is 9.73. The van der Waals surface area contributed by atoms with Gasteiger partial charge >= 0.3 is 0 Å². The standard InChI is InChI=1S/C10H13N3O2S2/c1-6-4-5-9(16-6)17(14,15)13-10-7(2)8(3)11-12-10/h4-5H,1-3H3,(H2,11,12,13). The largest absolute Gasteiger partial charge is 0.280 e. The topological polar surface area (TPSA) is 74.8 Å². The Balaban J connectivity index is 2.33. The minimum Gasteiger partial charge on any atom is -0.280 e. The second-order valence-corrected chi connectivity index (χ2v) is 6.99. The second kappa shape index (κ2) is 4.15. The molecule has 2 aromatic heterocycles. The van der Waals surface area contributed by atoms with Crippen molar-refractivity contribution >= 4 is 27.2 Å². The van der Waals surface area contributed by atoms with Gasteiger partial charge in [-0.15, -0.1) is 11.3 Å². The van der Waals surface area contributed by atoms with Crippen LogP contribution < -0.4 is 4.72 Å². The molecule has 5 nitrogen and oxygen atoms in total. The molecule has 2 N–H and O–H groups in total. The van der Waals surface area contributed by atoms with Gasteiger partial charge in [0.05, 0.1) is 0 Å². The molecule has 0 aromatic carbocycles. The highest BCUT2D eigenvalue weighted by atomic mass is 32.2. The Morgan fingerprint density at radius 1 is 1.29 bits per heavy atom. The molecule has 0 aliphatic carbocycles. The number of nitrogens with zero attached hydrogens (tertiary/aromatic N) is 1. The van der Waals surface area contributed by atoms with Gasteiger partial charge in [0.25, 0.3) is 10.0 Å². The van der Waals surface area contributed by atoms with Crippen LogP contribution in [0.1, 0.15) is 16.1 Å². The SMILES string of the molecule is Cc1ccc(S(=O)(=O)Nc2n[nH]c(C)c2C)s1. The van der Waals surface area contributed by atoms with Crippen molar-refractivity contribution in [3.05, 3.63) is 28.3 Å². The highest BCUT2D eigenvalue weighted by Crippen LogP contribution is 2.24. The van der Waals surface area contributed by atoms with Gasteiger partial charge in [-0.3, -0.25) is 9.82 Å². The van der Waals surface area contributed by atoms with Gasteiger partial charge < -0.3 is 0 Å². The monoisotopic (exact) mass is 271 g/mol. The molecular weight excluding hydrogens is 258 g/mol. The van der Waals surface area contributed by atoms with Crippen LogP contribution >= 0.6 is 11.3 Å². The Morgan fingerprint density at radius 2 is 2.00 bits per heavy atom. The van der Waals surface area contributed by atoms with Crippen molar-refractivity contribution in [2.75, 3.05) is 4.72 Å². The summed E-state index contributed by atoms with van der Waals surface area (Å²) in [4.78, 5) is 0.959. The van der Waals surface area contributed by atoms with E-state index in [1.165, 1.54) is 11.3 Å². The van der Waals surface area contributed by atoms with Gasteiger partial charge in [-0.05, 0) is 32.9 Å². The van der Waals surface area contributed by atoms with Crippen molar-refractivity contribution < 1.29 is 8.42 Å². The zero-order valence-corrected chi connectivity index (χ0v) is 11.4. The Morgan fingerprint density at radius 3 is 2.47 bits per heavy atom. The van der Waals surface area contributed by atoms with E-state index in [0.717, 1.165) is 16.1 Å². The molecule has 92 valence electrons. The quantitative estimate of drug-likeness (QED) is 0.898. The van der Waals surface area contributed by atoms with E-state index in [2.05, 4.69) is 14.9 Å². The Hall–Kier alpha value is -1.34. The fourth-order valence-corrected chi connectivity index (χ4v) is 3.67. The molecule has 0 fully saturated rings. The van der Waals surface area contributed by atoms with Crippen LogP contribution in [0.2, 0.25) is 0 Å². The number of aryl methyl sites for hydroxylation is 2. The maximum atomic E-state index is 12.0. The van der Waals surface area contributed by atoms with Gasteiger partial charge in [0.1, 0.15) is 4.21 Å². The van der Waals surface area contributed by atoms with Crippen molar-refractivity contribution in [3.63, 3.8) is 0 Å². The highest BCUT2D eigenvalue weighted by Gasteiger charge is 2.19. The first-order valence-electron chi connectivity index (χ1n) is 5.01. The number of anilines is 1. The van der Waals surface area contributed by atoms with Crippen LogP contribution in [0.15, 0.2) is 16.3 Å². The predicted molar refractivity (Wildman–Crippen MR) is 67.9 cm³/mol. The molecule has 0 spiro atoms. The number of thiophene rings is 1. The number of sulfonamides is 1. The van der Waals surface area contributed by atoms with Gasteiger partial charge in [-0.1, -0.05) is 0 Å². The van der Waals surface area contributed by atoms with E-state index in [1.807, 2.05) is 20.8 Å². The van der Waals surface area contributed by atoms with Crippen molar-refractivity contribution in [3.8, 4) is 0 Å². The molecule has 0 aliphatic rings. The van der Waals surface area contributed by atoms with Gasteiger partial charge in [0, 0.05) is 16.1 Å². The van der Waals surface area contributed by atoms with E-state index in [4.69, 9.17) is 0 Å². The molecular formula is C10H13N3O2S2. The zero-order chi connectivity index (χ0) is 12.6. The number of hydrogen-bond donors (Lipinski definition) is 2. The lowest BCUT2D eigenvalue weighted by molar-refractivity contribution is 0.603. The van der Waals surface area contributed by atoms with Crippen LogP contribution in [-0.4, -0.2) is 18.6 Å². The van der Waals surface area contributed by atoms with Gasteiger partial charge in [0.15, 0.2) is 5.82 Å². The smallest absolute Gasteiger partial charge is 0.272 e. The molecule has 0 bridgehead atoms. The summed E-state index contributed by atoms with van der Waals surface area (Å²) in [6, 6.07) is 3.37. The Bertz CT molecular complexity index is 640. The van der Waals surface area contributed by atoms with Crippen LogP contribution in [0.25, 0.3) is 0 Å². The molecule has 0 saturated carbocycles. The number of aromatic nitrogens is 2. The number of H-pyrrole nitrogens is 1. The van der Waals surface area contributed by atoms with E-state index in [1.54, 1.807) is 12.1 Å². The summed E-state index contributed by atoms with van der Waals surface area (Å²) in [6.45, 7) is 5.53. The first-order chi connectivity index (χ1) is 7.90. The number of hydrogen-bond acceptors (Lipinski definition) is 4. The summed E-state index contributed by atoms with van der Waals surface area (Å²) in [5.41, 5.74) is 1.66. The third-order valence-corrected chi connectivity index (χ3v) is 5.30. The van der Waals surface area contributed by atoms with Crippen molar-refractivity contribution in [2.45, 2.75) is 25.0 Å². The minimum atomic E-state index is -3.52. The van der Waals surface area contributed by atoms with Crippen LogP contribution in [0.5, 0.6) is 0 Å². The van der Waals surface area contributed by atoms with E-state index < -0.39 is 10.0 Å². The molecule has 17 heavy (non-hydrogen) atoms. The molecule has 0 aliphatic heterocycles. The average Bonchev–Trinajstić information content (AvgIpc) is 2.80. The molecule has 2 rings (SSSR count). The van der Waals surface area contributed by atoms with Crippen LogP contribution in [0, 0.1) is 20.8 Å². The van der Waals surface area contributed by atoms with Gasteiger partial charge in [0.2, 0.25) is 0 Å². The lowest BCUT2D eigenvalue weighted by Crippen LogP contribution is -2.12. The highest BCUT2D eigenvalue weighted by molar-refractivity contribution is 7.94. The van der Waals surface area contributed by atoms with Gasteiger partial charge in [-0.2, -0.15) is 5.10 Å². The molecule has 2 aromatic rings. The minimum absolute atomic E-state index is 0.301. The maximum Gasteiger partial charge on any atom is 0.272 e. The summed E-state index contributed by atoms with van der Waals surface area (Å²) in [7, 11) is -3.52. The lowest BCUT2D eigenvalue weighted by Gasteiger charge is -2.03. The first-order valence-corrected chi connectivity index (χ1v) is 7.31. The molecule has 0 unspecified atom stereocenters. The van der Waals surface area contributed by atoms with Crippen LogP contribution in [0.4, 0.5) is 5.82 Å². The summed E-state index contributed by atoms with van der Waals surface area (Å²) in [5, 5.41) is 6.66. The normalized spacial score (nSPS) is 11.7. The Kier molecular flexibility index (Phi) is 2.96. The fraction of sp³-hybridized carbons (Fsp3) is 0.300. The van der Waals surface area contributed by atoms with E-state index >= 15 is 0 Å².